The zero-order chi connectivity index (χ0) is 24.7. The lowest BCUT2D eigenvalue weighted by Gasteiger charge is -2.42. The fourth-order valence-corrected chi connectivity index (χ4v) is 3.75. The van der Waals surface area contributed by atoms with Crippen LogP contribution in [-0.4, -0.2) is 53.1 Å². The van der Waals surface area contributed by atoms with Gasteiger partial charge in [0.25, 0.3) is 17.6 Å². The van der Waals surface area contributed by atoms with Gasteiger partial charge in [0, 0.05) is 19.2 Å². The zero-order valence-corrected chi connectivity index (χ0v) is 17.9. The highest BCUT2D eigenvalue weighted by Crippen LogP contribution is 2.36. The number of alkyl halides is 3. The van der Waals surface area contributed by atoms with Crippen LogP contribution >= 0.6 is 0 Å². The first-order valence-electron chi connectivity index (χ1n) is 9.78. The molecule has 1 saturated heterocycles. The second kappa shape index (κ2) is 8.47. The topological polar surface area (TPSA) is 113 Å². The van der Waals surface area contributed by atoms with Crippen molar-refractivity contribution in [1.82, 2.24) is 15.2 Å². The lowest BCUT2D eigenvalue weighted by atomic mass is 9.96. The number of allylic oxidation sites excluding steroid dienone is 2. The minimum Gasteiger partial charge on any atom is -0.376 e. The van der Waals surface area contributed by atoms with Gasteiger partial charge in [-0.15, -0.1) is 0 Å². The number of rotatable bonds is 5. The molecule has 0 aromatic carbocycles. The maximum Gasteiger partial charge on any atom is 0.416 e. The lowest BCUT2D eigenvalue weighted by molar-refractivity contribution is -0.265. The van der Waals surface area contributed by atoms with Crippen molar-refractivity contribution in [3.05, 3.63) is 46.1 Å². The highest BCUT2D eigenvalue weighted by atomic mass is 19.4. The third-order valence-corrected chi connectivity index (χ3v) is 5.81. The third-order valence-electron chi connectivity index (χ3n) is 5.81. The number of Topliss-reactive ketones (excluding diaryl/α,β-unsaturated/α-hetero) is 1. The highest BCUT2D eigenvalue weighted by Gasteiger charge is 2.61. The van der Waals surface area contributed by atoms with Crippen molar-refractivity contribution in [2.24, 2.45) is 7.05 Å². The maximum absolute atomic E-state index is 13.6. The number of hydrogen-bond acceptors (Lipinski definition) is 5. The molecular weight excluding hydrogens is 448 g/mol. The molecule has 1 aliphatic carbocycles. The van der Waals surface area contributed by atoms with Crippen LogP contribution in [0, 0.1) is 25.2 Å². The van der Waals surface area contributed by atoms with Gasteiger partial charge in [-0.2, -0.15) is 18.4 Å². The van der Waals surface area contributed by atoms with E-state index in [0.717, 1.165) is 6.08 Å². The van der Waals surface area contributed by atoms with Crippen LogP contribution in [0.3, 0.4) is 0 Å². The van der Waals surface area contributed by atoms with Gasteiger partial charge in [0.1, 0.15) is 5.83 Å². The fourth-order valence-electron chi connectivity index (χ4n) is 3.75. The number of ketones is 1. The van der Waals surface area contributed by atoms with Crippen LogP contribution in [0.15, 0.2) is 23.6 Å². The molecule has 2 heterocycles. The van der Waals surface area contributed by atoms with Gasteiger partial charge in [-0.3, -0.25) is 14.4 Å². The summed E-state index contributed by atoms with van der Waals surface area (Å²) in [5.74, 6) is -4.04. The summed E-state index contributed by atoms with van der Waals surface area (Å²) >= 11 is 0. The number of carbonyl (C=O) groups is 3. The summed E-state index contributed by atoms with van der Waals surface area (Å²) in [6.45, 7) is 1.29. The molecule has 2 aliphatic rings. The van der Waals surface area contributed by atoms with E-state index in [2.05, 4.69) is 10.1 Å². The van der Waals surface area contributed by atoms with Crippen molar-refractivity contribution in [3.63, 3.8) is 0 Å². The van der Waals surface area contributed by atoms with Gasteiger partial charge >= 0.3 is 6.18 Å². The Labute approximate surface area is 185 Å². The van der Waals surface area contributed by atoms with E-state index in [1.807, 2.05) is 0 Å². The summed E-state index contributed by atoms with van der Waals surface area (Å²) in [5, 5.41) is 13.3. The Hall–Kier alpha value is -3.46. The molecule has 1 fully saturated rings. The Kier molecular flexibility index (Phi) is 6.21. The smallest absolute Gasteiger partial charge is 0.376 e. The second-order valence-corrected chi connectivity index (χ2v) is 7.93. The summed E-state index contributed by atoms with van der Waals surface area (Å²) in [6, 6.07) is 1.04. The molecule has 12 heteroatoms. The summed E-state index contributed by atoms with van der Waals surface area (Å²) in [4.78, 5) is 38.0. The van der Waals surface area contributed by atoms with Crippen LogP contribution in [0.5, 0.6) is 0 Å². The normalized spacial score (nSPS) is 19.5. The van der Waals surface area contributed by atoms with Crippen LogP contribution < -0.4 is 10.6 Å². The number of nitrogens with zero attached hydrogens (tertiary/aromatic N) is 2. The molecule has 8 nitrogen and oxygen atoms in total. The quantitative estimate of drug-likeness (QED) is 0.390. The molecule has 3 rings (SSSR count). The zero-order valence-electron chi connectivity index (χ0n) is 17.9. The molecule has 0 bridgehead atoms. The van der Waals surface area contributed by atoms with Crippen molar-refractivity contribution in [1.29, 1.82) is 5.26 Å². The molecule has 1 aromatic heterocycles. The number of aromatic nitrogens is 1. The monoisotopic (exact) mass is 468 g/mol. The van der Waals surface area contributed by atoms with Crippen molar-refractivity contribution >= 4 is 17.6 Å². The summed E-state index contributed by atoms with van der Waals surface area (Å²) < 4.78 is 59.3. The van der Waals surface area contributed by atoms with Crippen molar-refractivity contribution < 1.29 is 36.7 Å². The number of ether oxygens (including phenoxy) is 1. The number of amides is 2. The Morgan fingerprint density at radius 3 is 2.42 bits per heavy atom. The van der Waals surface area contributed by atoms with E-state index < -0.39 is 54.4 Å². The van der Waals surface area contributed by atoms with Crippen molar-refractivity contribution in [2.45, 2.75) is 38.0 Å². The largest absolute Gasteiger partial charge is 0.416 e. The first-order valence-corrected chi connectivity index (χ1v) is 9.78. The van der Waals surface area contributed by atoms with Crippen LogP contribution in [0.4, 0.5) is 17.6 Å². The molecule has 2 N–H and O–H groups in total. The van der Waals surface area contributed by atoms with Crippen molar-refractivity contribution in [2.75, 3.05) is 13.2 Å². The van der Waals surface area contributed by atoms with Gasteiger partial charge in [0.05, 0.1) is 42.2 Å². The van der Waals surface area contributed by atoms with Gasteiger partial charge in [0.2, 0.25) is 0 Å². The lowest BCUT2D eigenvalue weighted by Crippen LogP contribution is -2.71. The SMILES string of the molecule is Cc1c(C(=O)NC2C=CC(F)=C(C#N)C2)c(C)n(C)c1C(=O)C(=O)NC1(C(F)(F)F)COC1. The van der Waals surface area contributed by atoms with Crippen molar-refractivity contribution in [3.8, 4) is 6.07 Å². The Balaban J connectivity index is 1.83. The van der Waals surface area contributed by atoms with E-state index in [-0.39, 0.29) is 28.8 Å². The molecule has 1 aromatic rings. The van der Waals surface area contributed by atoms with Gasteiger partial charge in [-0.1, -0.05) is 6.08 Å². The molecular formula is C21H20F4N4O4. The molecule has 2 amide bonds. The van der Waals surface area contributed by atoms with Crippen LogP contribution in [0.25, 0.3) is 0 Å². The van der Waals surface area contributed by atoms with Crippen LogP contribution in [0.2, 0.25) is 0 Å². The van der Waals surface area contributed by atoms with E-state index >= 15 is 0 Å². The molecule has 33 heavy (non-hydrogen) atoms. The van der Waals surface area contributed by atoms with Gasteiger partial charge < -0.3 is 19.9 Å². The molecule has 0 radical (unpaired) electrons. The van der Waals surface area contributed by atoms with E-state index in [1.54, 1.807) is 11.4 Å². The van der Waals surface area contributed by atoms with Gasteiger partial charge in [0.15, 0.2) is 5.54 Å². The van der Waals surface area contributed by atoms with Crippen LogP contribution in [-0.2, 0) is 16.6 Å². The summed E-state index contributed by atoms with van der Waals surface area (Å²) in [5.41, 5.74) is -2.57. The number of nitriles is 1. The molecule has 1 atom stereocenters. The maximum atomic E-state index is 13.6. The molecule has 176 valence electrons. The van der Waals surface area contributed by atoms with E-state index in [9.17, 15) is 31.9 Å². The predicted molar refractivity (Wildman–Crippen MR) is 106 cm³/mol. The Bertz CT molecular complexity index is 1140. The Morgan fingerprint density at radius 1 is 1.27 bits per heavy atom. The van der Waals surface area contributed by atoms with Gasteiger partial charge in [-0.05, 0) is 25.5 Å². The third kappa shape index (κ3) is 4.16. The molecule has 0 saturated carbocycles. The summed E-state index contributed by atoms with van der Waals surface area (Å²) in [6.07, 6.45) is -2.43. The summed E-state index contributed by atoms with van der Waals surface area (Å²) in [7, 11) is 1.40. The number of halogens is 4. The second-order valence-electron chi connectivity index (χ2n) is 7.93. The standard InChI is InChI=1S/C21H20F4N4O4/c1-10-15(18(31)27-13-4-5-14(22)12(6-13)7-26)11(2)29(3)16(10)17(30)19(32)28-20(8-33-9-20)21(23,24)25/h4-5,13H,6,8-9H2,1-3H3,(H,27,31)(H,28,32). The minimum atomic E-state index is -4.81. The Morgan fingerprint density at radius 2 is 1.91 bits per heavy atom. The average Bonchev–Trinajstić information content (AvgIpc) is 2.92. The molecule has 0 spiro atoms. The van der Waals surface area contributed by atoms with E-state index in [1.165, 1.54) is 31.5 Å². The molecule has 1 unspecified atom stereocenters. The van der Waals surface area contributed by atoms with Gasteiger partial charge in [-0.25, -0.2) is 4.39 Å². The number of hydrogen-bond donors (Lipinski definition) is 2. The predicted octanol–water partition coefficient (Wildman–Crippen LogP) is 2.08. The first kappa shape index (κ1) is 24.2. The minimum absolute atomic E-state index is 0.0492. The highest BCUT2D eigenvalue weighted by molar-refractivity contribution is 6.43. The van der Waals surface area contributed by atoms with E-state index in [0.29, 0.717) is 5.69 Å². The fraction of sp³-hybridized carbons (Fsp3) is 0.429. The van der Waals surface area contributed by atoms with E-state index in [4.69, 9.17) is 5.26 Å². The average molecular weight is 468 g/mol. The molecule has 1 aliphatic heterocycles. The first-order chi connectivity index (χ1) is 15.3. The van der Waals surface area contributed by atoms with Crippen LogP contribution in [0.1, 0.15) is 38.5 Å². The number of nitrogens with one attached hydrogen (secondary N) is 2. The number of carbonyl (C=O) groups excluding carboxylic acids is 3.